The van der Waals surface area contributed by atoms with Crippen LogP contribution in [0.4, 0.5) is 5.69 Å². The van der Waals surface area contributed by atoms with E-state index in [1.165, 1.54) is 37.7 Å². The molecular formula is C19H31N3O3S. The molecule has 1 aliphatic carbocycles. The highest BCUT2D eigenvalue weighted by Gasteiger charge is 2.28. The summed E-state index contributed by atoms with van der Waals surface area (Å²) in [4.78, 5) is 12.5. The van der Waals surface area contributed by atoms with Gasteiger partial charge in [-0.05, 0) is 49.8 Å². The van der Waals surface area contributed by atoms with E-state index in [0.717, 1.165) is 28.3 Å². The van der Waals surface area contributed by atoms with E-state index in [1.54, 1.807) is 0 Å². The molecule has 1 amide bonds. The highest BCUT2D eigenvalue weighted by atomic mass is 32.2. The zero-order valence-electron chi connectivity index (χ0n) is 16.3. The molecule has 2 rings (SSSR count). The van der Waals surface area contributed by atoms with Crippen LogP contribution in [0.1, 0.15) is 43.2 Å². The van der Waals surface area contributed by atoms with E-state index in [9.17, 15) is 13.2 Å². The second kappa shape index (κ2) is 8.86. The van der Waals surface area contributed by atoms with Crippen molar-refractivity contribution >= 4 is 21.8 Å². The van der Waals surface area contributed by atoms with E-state index in [1.807, 2.05) is 32.0 Å². The second-order valence-electron chi connectivity index (χ2n) is 7.39. The lowest BCUT2D eigenvalue weighted by Gasteiger charge is -2.29. The molecule has 0 aliphatic heterocycles. The molecule has 7 heteroatoms. The Bertz CT molecular complexity index is 726. The lowest BCUT2D eigenvalue weighted by molar-refractivity contribution is -0.119. The maximum atomic E-state index is 12.8. The van der Waals surface area contributed by atoms with Crippen molar-refractivity contribution in [3.63, 3.8) is 0 Å². The van der Waals surface area contributed by atoms with Crippen LogP contribution in [0.2, 0.25) is 0 Å². The summed E-state index contributed by atoms with van der Waals surface area (Å²) < 4.78 is 28.0. The molecule has 1 N–H and O–H groups in total. The topological polar surface area (TPSA) is 69.7 Å². The van der Waals surface area contributed by atoms with Crippen LogP contribution in [0.5, 0.6) is 0 Å². The van der Waals surface area contributed by atoms with Crippen molar-refractivity contribution in [2.24, 2.45) is 5.92 Å². The van der Waals surface area contributed by atoms with Gasteiger partial charge in [0.05, 0.1) is 5.69 Å². The Labute approximate surface area is 157 Å². The molecule has 1 aromatic carbocycles. The fourth-order valence-electron chi connectivity index (χ4n) is 3.31. The third-order valence-electron chi connectivity index (χ3n) is 4.97. The average Bonchev–Trinajstić information content (AvgIpc) is 2.60. The van der Waals surface area contributed by atoms with Crippen molar-refractivity contribution < 1.29 is 13.2 Å². The van der Waals surface area contributed by atoms with Crippen molar-refractivity contribution in [1.82, 2.24) is 9.62 Å². The number of benzene rings is 1. The quantitative estimate of drug-likeness (QED) is 0.789. The van der Waals surface area contributed by atoms with E-state index in [4.69, 9.17) is 0 Å². The van der Waals surface area contributed by atoms with Crippen LogP contribution in [0.25, 0.3) is 0 Å². The van der Waals surface area contributed by atoms with Gasteiger partial charge in [0.25, 0.3) is 0 Å². The molecule has 0 unspecified atom stereocenters. The van der Waals surface area contributed by atoms with Gasteiger partial charge in [-0.25, -0.2) is 4.31 Å². The van der Waals surface area contributed by atoms with Gasteiger partial charge in [0.1, 0.15) is 6.54 Å². The first-order valence-corrected chi connectivity index (χ1v) is 10.7. The Balaban J connectivity index is 2.16. The summed E-state index contributed by atoms with van der Waals surface area (Å²) in [6.45, 7) is 4.18. The summed E-state index contributed by atoms with van der Waals surface area (Å²) in [6.07, 6.45) is 5.97. The van der Waals surface area contributed by atoms with Crippen LogP contribution in [-0.2, 0) is 15.0 Å². The number of nitrogens with zero attached hydrogens (tertiary/aromatic N) is 2. The maximum Gasteiger partial charge on any atom is 0.304 e. The summed E-state index contributed by atoms with van der Waals surface area (Å²) >= 11 is 0. The summed E-state index contributed by atoms with van der Waals surface area (Å²) in [5.41, 5.74) is 2.32. The maximum absolute atomic E-state index is 12.8. The van der Waals surface area contributed by atoms with Gasteiger partial charge in [0, 0.05) is 20.6 Å². The number of amides is 1. The van der Waals surface area contributed by atoms with E-state index < -0.39 is 10.2 Å². The van der Waals surface area contributed by atoms with Gasteiger partial charge < -0.3 is 5.32 Å². The van der Waals surface area contributed by atoms with Gasteiger partial charge in [-0.1, -0.05) is 31.4 Å². The normalized spacial score (nSPS) is 15.9. The fourth-order valence-corrected chi connectivity index (χ4v) is 4.43. The van der Waals surface area contributed by atoms with Crippen molar-refractivity contribution in [2.45, 2.75) is 46.0 Å². The summed E-state index contributed by atoms with van der Waals surface area (Å²) in [5.74, 6) is 0.245. The molecule has 0 bridgehead atoms. The van der Waals surface area contributed by atoms with Crippen LogP contribution < -0.4 is 9.62 Å². The minimum atomic E-state index is -3.76. The van der Waals surface area contributed by atoms with Gasteiger partial charge in [0.15, 0.2) is 0 Å². The molecule has 1 fully saturated rings. The van der Waals surface area contributed by atoms with E-state index >= 15 is 0 Å². The van der Waals surface area contributed by atoms with Crippen molar-refractivity contribution in [1.29, 1.82) is 0 Å². The molecule has 1 saturated carbocycles. The molecule has 0 heterocycles. The van der Waals surface area contributed by atoms with Gasteiger partial charge >= 0.3 is 10.2 Å². The highest BCUT2D eigenvalue weighted by Crippen LogP contribution is 2.25. The minimum Gasteiger partial charge on any atom is -0.354 e. The standard InChI is InChI=1S/C19H31N3O3S/c1-15-10-11-16(2)18(12-15)22(26(24,25)21(3)4)14-19(23)20-13-17-8-6-5-7-9-17/h10-12,17H,5-9,13-14H2,1-4H3,(H,20,23). The van der Waals surface area contributed by atoms with Crippen LogP contribution in [0, 0.1) is 19.8 Å². The van der Waals surface area contributed by atoms with Crippen molar-refractivity contribution in [2.75, 3.05) is 31.5 Å². The second-order valence-corrected chi connectivity index (χ2v) is 9.46. The molecule has 1 aromatic rings. The Morgan fingerprint density at radius 1 is 1.15 bits per heavy atom. The Morgan fingerprint density at radius 2 is 1.81 bits per heavy atom. The molecular weight excluding hydrogens is 350 g/mol. The smallest absolute Gasteiger partial charge is 0.304 e. The Morgan fingerprint density at radius 3 is 2.42 bits per heavy atom. The molecule has 26 heavy (non-hydrogen) atoms. The predicted molar refractivity (Wildman–Crippen MR) is 105 cm³/mol. The molecule has 0 radical (unpaired) electrons. The van der Waals surface area contributed by atoms with Gasteiger partial charge in [-0.3, -0.25) is 4.79 Å². The zero-order chi connectivity index (χ0) is 19.3. The first-order chi connectivity index (χ1) is 12.2. The van der Waals surface area contributed by atoms with Crippen molar-refractivity contribution in [3.05, 3.63) is 29.3 Å². The van der Waals surface area contributed by atoms with E-state index in [-0.39, 0.29) is 12.5 Å². The van der Waals surface area contributed by atoms with Gasteiger partial charge in [-0.15, -0.1) is 0 Å². The SMILES string of the molecule is Cc1ccc(C)c(N(CC(=O)NCC2CCCCC2)S(=O)(=O)N(C)C)c1. The van der Waals surface area contributed by atoms with Crippen LogP contribution >= 0.6 is 0 Å². The highest BCUT2D eigenvalue weighted by molar-refractivity contribution is 7.90. The van der Waals surface area contributed by atoms with Gasteiger partial charge in [-0.2, -0.15) is 12.7 Å². The molecule has 6 nitrogen and oxygen atoms in total. The largest absolute Gasteiger partial charge is 0.354 e. The van der Waals surface area contributed by atoms with Gasteiger partial charge in [0.2, 0.25) is 5.91 Å². The molecule has 0 atom stereocenters. The molecule has 1 aliphatic rings. The first-order valence-electron chi connectivity index (χ1n) is 9.26. The number of nitrogens with one attached hydrogen (secondary N) is 1. The Hall–Kier alpha value is -1.60. The van der Waals surface area contributed by atoms with Crippen LogP contribution in [-0.4, -0.2) is 45.8 Å². The third-order valence-corrected chi connectivity index (χ3v) is 6.78. The number of anilines is 1. The third kappa shape index (κ3) is 5.20. The molecule has 0 saturated heterocycles. The average molecular weight is 382 g/mol. The first kappa shape index (κ1) is 20.7. The van der Waals surface area contributed by atoms with Crippen molar-refractivity contribution in [3.8, 4) is 0 Å². The lowest BCUT2D eigenvalue weighted by atomic mass is 9.89. The number of hydrogen-bond donors (Lipinski definition) is 1. The number of rotatable bonds is 7. The van der Waals surface area contributed by atoms with Crippen LogP contribution in [0.15, 0.2) is 18.2 Å². The monoisotopic (exact) mass is 381 g/mol. The zero-order valence-corrected chi connectivity index (χ0v) is 17.1. The number of hydrogen-bond acceptors (Lipinski definition) is 3. The number of carbonyl (C=O) groups excluding carboxylic acids is 1. The fraction of sp³-hybridized carbons (Fsp3) is 0.632. The van der Waals surface area contributed by atoms with Crippen LogP contribution in [0.3, 0.4) is 0 Å². The summed E-state index contributed by atoms with van der Waals surface area (Å²) in [5, 5.41) is 2.93. The lowest BCUT2D eigenvalue weighted by Crippen LogP contribution is -2.46. The molecule has 146 valence electrons. The predicted octanol–water partition coefficient (Wildman–Crippen LogP) is 2.61. The number of aryl methyl sites for hydroxylation is 2. The Kier molecular flexibility index (Phi) is 7.06. The number of carbonyl (C=O) groups is 1. The summed E-state index contributed by atoms with van der Waals surface area (Å²) in [6, 6.07) is 5.62. The van der Waals surface area contributed by atoms with E-state index in [2.05, 4.69) is 5.32 Å². The minimum absolute atomic E-state index is 0.211. The molecule has 0 aromatic heterocycles. The van der Waals surface area contributed by atoms with E-state index in [0.29, 0.717) is 18.2 Å². The summed E-state index contributed by atoms with van der Waals surface area (Å²) in [7, 11) is -0.805. The molecule has 0 spiro atoms.